The van der Waals surface area contributed by atoms with Crippen molar-refractivity contribution in [1.29, 1.82) is 0 Å². The lowest BCUT2D eigenvalue weighted by Crippen LogP contribution is -2.41. The molecule has 0 bridgehead atoms. The molecule has 1 saturated heterocycles. The monoisotopic (exact) mass is 337 g/mol. The molecule has 124 valence electrons. The van der Waals surface area contributed by atoms with Crippen molar-refractivity contribution in [3.05, 3.63) is 17.9 Å². The number of likely N-dealkylation sites (tertiary alicyclic amines) is 1. The Morgan fingerprint density at radius 2 is 2.30 bits per heavy atom. The molecule has 9 heteroatoms. The maximum Gasteiger partial charge on any atom is 0.323 e. The van der Waals surface area contributed by atoms with Gasteiger partial charge in [0.05, 0.1) is 13.3 Å². The Hall–Kier alpha value is -2.16. The van der Waals surface area contributed by atoms with Crippen LogP contribution in [0.2, 0.25) is 0 Å². The second-order valence-electron chi connectivity index (χ2n) is 5.48. The normalized spacial score (nSPS) is 15.7. The van der Waals surface area contributed by atoms with Crippen LogP contribution in [0.15, 0.2) is 10.7 Å². The number of urea groups is 1. The first-order valence-corrected chi connectivity index (χ1v) is 8.30. The Balaban J connectivity index is 1.47. The van der Waals surface area contributed by atoms with Gasteiger partial charge in [-0.15, -0.1) is 0 Å². The third kappa shape index (κ3) is 3.98. The molecular weight excluding hydrogens is 318 g/mol. The van der Waals surface area contributed by atoms with Gasteiger partial charge >= 0.3 is 6.03 Å². The van der Waals surface area contributed by atoms with E-state index in [-0.39, 0.29) is 6.03 Å². The van der Waals surface area contributed by atoms with E-state index in [1.165, 1.54) is 11.3 Å². The molecule has 3 rings (SSSR count). The predicted molar refractivity (Wildman–Crippen MR) is 84.7 cm³/mol. The molecule has 1 N–H and O–H groups in total. The van der Waals surface area contributed by atoms with Crippen molar-refractivity contribution in [2.45, 2.75) is 26.2 Å². The third-order valence-electron chi connectivity index (χ3n) is 3.84. The maximum atomic E-state index is 12.2. The minimum absolute atomic E-state index is 0.115. The van der Waals surface area contributed by atoms with E-state index in [4.69, 9.17) is 9.26 Å². The van der Waals surface area contributed by atoms with Crippen molar-refractivity contribution < 1.29 is 14.1 Å². The van der Waals surface area contributed by atoms with E-state index in [2.05, 4.69) is 20.4 Å². The number of rotatable bonds is 4. The number of nitrogens with one attached hydrogen (secondary N) is 1. The number of aromatic nitrogens is 3. The van der Waals surface area contributed by atoms with Gasteiger partial charge in [0.25, 0.3) is 0 Å². The van der Waals surface area contributed by atoms with Crippen molar-refractivity contribution >= 4 is 22.5 Å². The standard InChI is InChI=1S/C14H19N5O3S/c1-9-16-11(18-22-9)7-10-3-5-19(6-4-10)14(20)17-13-15-8-12(21-2)23-13/h8,10H,3-7H2,1-2H3,(H,15,17,20). The molecule has 0 radical (unpaired) electrons. The van der Waals surface area contributed by atoms with E-state index in [0.717, 1.165) is 38.2 Å². The number of amides is 2. The van der Waals surface area contributed by atoms with Crippen LogP contribution in [-0.4, -0.2) is 46.3 Å². The minimum Gasteiger partial charge on any atom is -0.486 e. The zero-order chi connectivity index (χ0) is 16.2. The molecule has 8 nitrogen and oxygen atoms in total. The summed E-state index contributed by atoms with van der Waals surface area (Å²) in [6.07, 6.45) is 4.26. The zero-order valence-electron chi connectivity index (χ0n) is 13.1. The van der Waals surface area contributed by atoms with Crippen LogP contribution in [-0.2, 0) is 6.42 Å². The molecule has 0 aromatic carbocycles. The second-order valence-corrected chi connectivity index (χ2v) is 6.48. The average molecular weight is 337 g/mol. The molecule has 1 aliphatic heterocycles. The number of hydrogen-bond acceptors (Lipinski definition) is 7. The summed E-state index contributed by atoms with van der Waals surface area (Å²) in [6.45, 7) is 3.22. The Kier molecular flexibility index (Phi) is 4.75. The van der Waals surface area contributed by atoms with Crippen LogP contribution < -0.4 is 10.1 Å². The van der Waals surface area contributed by atoms with Crippen LogP contribution >= 0.6 is 11.3 Å². The number of methoxy groups -OCH3 is 1. The summed E-state index contributed by atoms with van der Waals surface area (Å²) in [5, 5.41) is 7.97. The highest BCUT2D eigenvalue weighted by Gasteiger charge is 2.24. The highest BCUT2D eigenvalue weighted by molar-refractivity contribution is 7.17. The molecular formula is C14H19N5O3S. The largest absolute Gasteiger partial charge is 0.486 e. The highest BCUT2D eigenvalue weighted by atomic mass is 32.1. The third-order valence-corrected chi connectivity index (χ3v) is 4.72. The van der Waals surface area contributed by atoms with Crippen LogP contribution in [0.25, 0.3) is 0 Å². The molecule has 2 aromatic rings. The number of hydrogen-bond donors (Lipinski definition) is 1. The maximum absolute atomic E-state index is 12.2. The van der Waals surface area contributed by atoms with E-state index in [1.54, 1.807) is 20.2 Å². The Bertz CT molecular complexity index is 663. The molecule has 23 heavy (non-hydrogen) atoms. The van der Waals surface area contributed by atoms with Crippen molar-refractivity contribution in [1.82, 2.24) is 20.0 Å². The number of piperidine rings is 1. The first-order chi connectivity index (χ1) is 11.1. The highest BCUT2D eigenvalue weighted by Crippen LogP contribution is 2.26. The topological polar surface area (TPSA) is 93.4 Å². The summed E-state index contributed by atoms with van der Waals surface area (Å²) in [5.74, 6) is 1.83. The predicted octanol–water partition coefficient (Wildman–Crippen LogP) is 2.33. The summed E-state index contributed by atoms with van der Waals surface area (Å²) in [6, 6.07) is -0.115. The first-order valence-electron chi connectivity index (χ1n) is 7.49. The van der Waals surface area contributed by atoms with E-state index in [9.17, 15) is 4.79 Å². The van der Waals surface area contributed by atoms with Crippen LogP contribution in [0.5, 0.6) is 5.06 Å². The summed E-state index contributed by atoms with van der Waals surface area (Å²) < 4.78 is 10.1. The molecule has 0 aliphatic carbocycles. The average Bonchev–Trinajstić information content (AvgIpc) is 3.17. The quantitative estimate of drug-likeness (QED) is 0.920. The van der Waals surface area contributed by atoms with E-state index >= 15 is 0 Å². The lowest BCUT2D eigenvalue weighted by molar-refractivity contribution is 0.181. The molecule has 0 saturated carbocycles. The second kappa shape index (κ2) is 6.95. The van der Waals surface area contributed by atoms with Gasteiger partial charge in [0.1, 0.15) is 0 Å². The van der Waals surface area contributed by atoms with Gasteiger partial charge < -0.3 is 14.2 Å². The van der Waals surface area contributed by atoms with Gasteiger partial charge in [-0.05, 0) is 18.8 Å². The summed E-state index contributed by atoms with van der Waals surface area (Å²) in [5.41, 5.74) is 0. The SMILES string of the molecule is COc1cnc(NC(=O)N2CCC(Cc3noc(C)n3)CC2)s1. The van der Waals surface area contributed by atoms with Crippen LogP contribution in [0, 0.1) is 12.8 Å². The molecule has 1 fully saturated rings. The summed E-state index contributed by atoms with van der Waals surface area (Å²) in [4.78, 5) is 22.4. The molecule has 3 heterocycles. The van der Waals surface area contributed by atoms with Crippen molar-refractivity contribution in [3.8, 4) is 5.06 Å². The number of ether oxygens (including phenoxy) is 1. The van der Waals surface area contributed by atoms with Crippen LogP contribution in [0.3, 0.4) is 0 Å². The number of nitrogens with zero attached hydrogens (tertiary/aromatic N) is 4. The molecule has 1 aliphatic rings. The van der Waals surface area contributed by atoms with Crippen molar-refractivity contribution in [3.63, 3.8) is 0 Å². The van der Waals surface area contributed by atoms with Crippen molar-refractivity contribution in [2.24, 2.45) is 5.92 Å². The Labute approximate surface area is 137 Å². The van der Waals surface area contributed by atoms with Gasteiger partial charge in [-0.1, -0.05) is 16.5 Å². The number of thiazole rings is 1. The van der Waals surface area contributed by atoms with E-state index in [0.29, 0.717) is 22.0 Å². The fraction of sp³-hybridized carbons (Fsp3) is 0.571. The summed E-state index contributed by atoms with van der Waals surface area (Å²) in [7, 11) is 1.58. The minimum atomic E-state index is -0.115. The Morgan fingerprint density at radius 3 is 2.91 bits per heavy atom. The molecule has 0 atom stereocenters. The molecule has 2 aromatic heterocycles. The van der Waals surface area contributed by atoms with Gasteiger partial charge in [-0.25, -0.2) is 9.78 Å². The zero-order valence-corrected chi connectivity index (χ0v) is 13.9. The fourth-order valence-electron chi connectivity index (χ4n) is 2.60. The van der Waals surface area contributed by atoms with Gasteiger partial charge in [-0.2, -0.15) is 4.98 Å². The smallest absolute Gasteiger partial charge is 0.323 e. The van der Waals surface area contributed by atoms with E-state index < -0.39 is 0 Å². The number of aryl methyl sites for hydroxylation is 1. The van der Waals surface area contributed by atoms with Gasteiger partial charge in [0.15, 0.2) is 16.0 Å². The fourth-order valence-corrected chi connectivity index (χ4v) is 3.23. The molecule has 2 amide bonds. The number of carbonyl (C=O) groups is 1. The van der Waals surface area contributed by atoms with Gasteiger partial charge in [0.2, 0.25) is 5.89 Å². The lowest BCUT2D eigenvalue weighted by atomic mass is 9.93. The Morgan fingerprint density at radius 1 is 1.52 bits per heavy atom. The van der Waals surface area contributed by atoms with Crippen molar-refractivity contribution in [2.75, 3.05) is 25.5 Å². The van der Waals surface area contributed by atoms with Crippen LogP contribution in [0.4, 0.5) is 9.93 Å². The molecule has 0 unspecified atom stereocenters. The lowest BCUT2D eigenvalue weighted by Gasteiger charge is -2.31. The first kappa shape index (κ1) is 15.7. The van der Waals surface area contributed by atoms with Gasteiger partial charge in [-0.3, -0.25) is 5.32 Å². The van der Waals surface area contributed by atoms with E-state index in [1.807, 2.05) is 4.90 Å². The van der Waals surface area contributed by atoms with Gasteiger partial charge in [0, 0.05) is 26.4 Å². The van der Waals surface area contributed by atoms with Crippen LogP contribution in [0.1, 0.15) is 24.6 Å². The molecule has 0 spiro atoms. The number of carbonyl (C=O) groups excluding carboxylic acids is 1. The summed E-state index contributed by atoms with van der Waals surface area (Å²) >= 11 is 1.31. The number of anilines is 1.